The van der Waals surface area contributed by atoms with Crippen LogP contribution in [0.2, 0.25) is 5.02 Å². The van der Waals surface area contributed by atoms with Crippen LogP contribution in [0.5, 0.6) is 0 Å². The fourth-order valence-corrected chi connectivity index (χ4v) is 1.45. The normalized spacial score (nSPS) is 10.4. The predicted molar refractivity (Wildman–Crippen MR) is 63.2 cm³/mol. The number of nitrogens with zero attached hydrogens (tertiary/aromatic N) is 1. The molecule has 0 fully saturated rings. The van der Waals surface area contributed by atoms with E-state index >= 15 is 0 Å². The Bertz CT molecular complexity index is 548. The molecule has 0 amide bonds. The monoisotopic (exact) mass is 235 g/mol. The Morgan fingerprint density at radius 2 is 2.00 bits per heavy atom. The van der Waals surface area contributed by atoms with Gasteiger partial charge in [0.15, 0.2) is 0 Å². The third-order valence-electron chi connectivity index (χ3n) is 2.21. The smallest absolute Gasteiger partial charge is 0.255 e. The van der Waals surface area contributed by atoms with Crippen molar-refractivity contribution in [1.29, 1.82) is 0 Å². The zero-order valence-electron chi connectivity index (χ0n) is 8.40. The fourth-order valence-electron chi connectivity index (χ4n) is 1.32. The summed E-state index contributed by atoms with van der Waals surface area (Å²) in [6, 6.07) is 7.08. The van der Waals surface area contributed by atoms with Gasteiger partial charge in [0.25, 0.3) is 5.56 Å². The van der Waals surface area contributed by atoms with Gasteiger partial charge in [-0.25, -0.2) is 4.98 Å². The van der Waals surface area contributed by atoms with Crippen molar-refractivity contribution in [3.05, 3.63) is 51.4 Å². The van der Waals surface area contributed by atoms with Crippen LogP contribution in [0.3, 0.4) is 0 Å². The van der Waals surface area contributed by atoms with Crippen LogP contribution in [0.25, 0.3) is 11.4 Å². The molecule has 0 unspecified atom stereocenters. The van der Waals surface area contributed by atoms with Crippen LogP contribution in [0.1, 0.15) is 5.56 Å². The average Bonchev–Trinajstić information content (AvgIpc) is 2.30. The number of benzene rings is 1. The number of halogens is 1. The minimum atomic E-state index is -0.206. The van der Waals surface area contributed by atoms with Crippen molar-refractivity contribution in [3.63, 3.8) is 0 Å². The van der Waals surface area contributed by atoms with Gasteiger partial charge in [0.05, 0.1) is 0 Å². The fraction of sp³-hybridized carbons (Fsp3) is 0.0909. The van der Waals surface area contributed by atoms with E-state index < -0.39 is 0 Å². The summed E-state index contributed by atoms with van der Waals surface area (Å²) in [5.74, 6) is 0.513. The van der Waals surface area contributed by atoms with Crippen LogP contribution in [-0.2, 0) is 6.54 Å². The lowest BCUT2D eigenvalue weighted by Gasteiger charge is -2.01. The van der Waals surface area contributed by atoms with Gasteiger partial charge in [-0.2, -0.15) is 0 Å². The minimum Gasteiger partial charge on any atom is -0.326 e. The molecule has 0 radical (unpaired) electrons. The number of nitrogens with two attached hydrogens (primary N) is 1. The quantitative estimate of drug-likeness (QED) is 0.830. The van der Waals surface area contributed by atoms with E-state index in [2.05, 4.69) is 9.97 Å². The lowest BCUT2D eigenvalue weighted by atomic mass is 10.2. The van der Waals surface area contributed by atoms with E-state index in [1.165, 1.54) is 6.20 Å². The largest absolute Gasteiger partial charge is 0.326 e. The first-order valence-electron chi connectivity index (χ1n) is 4.75. The summed E-state index contributed by atoms with van der Waals surface area (Å²) in [7, 11) is 0. The van der Waals surface area contributed by atoms with Crippen molar-refractivity contribution in [3.8, 4) is 11.4 Å². The molecule has 16 heavy (non-hydrogen) atoms. The summed E-state index contributed by atoms with van der Waals surface area (Å²) >= 11 is 5.77. The molecule has 2 aromatic rings. The Balaban J connectivity index is 2.45. The molecule has 2 rings (SSSR count). The van der Waals surface area contributed by atoms with Crippen molar-refractivity contribution in [1.82, 2.24) is 9.97 Å². The summed E-state index contributed by atoms with van der Waals surface area (Å²) in [5.41, 5.74) is 6.46. The number of aromatic nitrogens is 2. The van der Waals surface area contributed by atoms with Gasteiger partial charge in [0, 0.05) is 28.9 Å². The van der Waals surface area contributed by atoms with Gasteiger partial charge in [-0.1, -0.05) is 11.6 Å². The first-order chi connectivity index (χ1) is 7.70. The molecule has 0 saturated heterocycles. The lowest BCUT2D eigenvalue weighted by Crippen LogP contribution is -2.17. The highest BCUT2D eigenvalue weighted by Crippen LogP contribution is 2.16. The molecular formula is C11H10ClN3O. The molecule has 5 heteroatoms. The van der Waals surface area contributed by atoms with E-state index in [9.17, 15) is 4.79 Å². The molecule has 1 heterocycles. The molecule has 4 nitrogen and oxygen atoms in total. The lowest BCUT2D eigenvalue weighted by molar-refractivity contribution is 0.979. The predicted octanol–water partition coefficient (Wildman–Crippen LogP) is 1.55. The zero-order valence-corrected chi connectivity index (χ0v) is 9.16. The van der Waals surface area contributed by atoms with E-state index in [0.717, 1.165) is 5.56 Å². The molecule has 0 aliphatic heterocycles. The Labute approximate surface area is 97.1 Å². The molecule has 0 atom stereocenters. The van der Waals surface area contributed by atoms with E-state index in [4.69, 9.17) is 17.3 Å². The summed E-state index contributed by atoms with van der Waals surface area (Å²) in [5, 5.41) is 0.643. The maximum Gasteiger partial charge on any atom is 0.255 e. The first-order valence-corrected chi connectivity index (χ1v) is 5.12. The van der Waals surface area contributed by atoms with Crippen molar-refractivity contribution >= 4 is 11.6 Å². The molecule has 1 aromatic carbocycles. The number of H-pyrrole nitrogens is 1. The zero-order chi connectivity index (χ0) is 11.5. The van der Waals surface area contributed by atoms with Gasteiger partial charge in [0.1, 0.15) is 5.82 Å². The van der Waals surface area contributed by atoms with Gasteiger partial charge < -0.3 is 10.7 Å². The molecular weight excluding hydrogens is 226 g/mol. The second-order valence-corrected chi connectivity index (χ2v) is 3.73. The average molecular weight is 236 g/mol. The Hall–Kier alpha value is -1.65. The number of aromatic amines is 1. The SMILES string of the molecule is NCc1cnc(-c2ccc(Cl)cc2)[nH]c1=O. The van der Waals surface area contributed by atoms with Gasteiger partial charge in [-0.3, -0.25) is 4.79 Å². The third-order valence-corrected chi connectivity index (χ3v) is 2.46. The van der Waals surface area contributed by atoms with Crippen LogP contribution < -0.4 is 11.3 Å². The van der Waals surface area contributed by atoms with E-state index in [0.29, 0.717) is 16.4 Å². The van der Waals surface area contributed by atoms with Gasteiger partial charge in [-0.15, -0.1) is 0 Å². The van der Waals surface area contributed by atoms with E-state index in [1.807, 2.05) is 0 Å². The standard InChI is InChI=1S/C11H10ClN3O/c12-9-3-1-7(2-4-9)10-14-6-8(5-13)11(16)15-10/h1-4,6H,5,13H2,(H,14,15,16). The number of rotatable bonds is 2. The maximum absolute atomic E-state index is 11.5. The topological polar surface area (TPSA) is 71.8 Å². The maximum atomic E-state index is 11.5. The number of hydrogen-bond acceptors (Lipinski definition) is 3. The highest BCUT2D eigenvalue weighted by atomic mass is 35.5. The molecule has 0 saturated carbocycles. The Kier molecular flexibility index (Phi) is 3.03. The second kappa shape index (κ2) is 4.47. The van der Waals surface area contributed by atoms with Crippen molar-refractivity contribution in [2.45, 2.75) is 6.54 Å². The Morgan fingerprint density at radius 3 is 2.56 bits per heavy atom. The summed E-state index contributed by atoms with van der Waals surface area (Å²) < 4.78 is 0. The highest BCUT2D eigenvalue weighted by Gasteiger charge is 2.03. The van der Waals surface area contributed by atoms with Gasteiger partial charge in [0.2, 0.25) is 0 Å². The molecule has 0 aliphatic carbocycles. The van der Waals surface area contributed by atoms with Crippen molar-refractivity contribution in [2.75, 3.05) is 0 Å². The molecule has 82 valence electrons. The number of hydrogen-bond donors (Lipinski definition) is 2. The Morgan fingerprint density at radius 1 is 1.31 bits per heavy atom. The van der Waals surface area contributed by atoms with Gasteiger partial charge >= 0.3 is 0 Å². The van der Waals surface area contributed by atoms with Crippen LogP contribution in [0.15, 0.2) is 35.3 Å². The molecule has 0 spiro atoms. The molecule has 1 aromatic heterocycles. The second-order valence-electron chi connectivity index (χ2n) is 3.30. The highest BCUT2D eigenvalue weighted by molar-refractivity contribution is 6.30. The van der Waals surface area contributed by atoms with Crippen LogP contribution in [0.4, 0.5) is 0 Å². The number of nitrogens with one attached hydrogen (secondary N) is 1. The van der Waals surface area contributed by atoms with Crippen LogP contribution >= 0.6 is 11.6 Å². The third kappa shape index (κ3) is 2.13. The molecule has 0 bridgehead atoms. The summed E-state index contributed by atoms with van der Waals surface area (Å²) in [6.45, 7) is 0.184. The molecule has 3 N–H and O–H groups in total. The van der Waals surface area contributed by atoms with Crippen LogP contribution in [0, 0.1) is 0 Å². The van der Waals surface area contributed by atoms with Gasteiger partial charge in [-0.05, 0) is 24.3 Å². The van der Waals surface area contributed by atoms with Crippen molar-refractivity contribution < 1.29 is 0 Å². The first kappa shape index (κ1) is 10.9. The van der Waals surface area contributed by atoms with E-state index in [-0.39, 0.29) is 12.1 Å². The minimum absolute atomic E-state index is 0.184. The summed E-state index contributed by atoms with van der Waals surface area (Å²) in [4.78, 5) is 18.3. The van der Waals surface area contributed by atoms with E-state index in [1.54, 1.807) is 24.3 Å². The molecule has 0 aliphatic rings. The van der Waals surface area contributed by atoms with Crippen LogP contribution in [-0.4, -0.2) is 9.97 Å². The summed E-state index contributed by atoms with van der Waals surface area (Å²) in [6.07, 6.45) is 1.49. The van der Waals surface area contributed by atoms with Crippen molar-refractivity contribution in [2.24, 2.45) is 5.73 Å².